The summed E-state index contributed by atoms with van der Waals surface area (Å²) in [4.78, 5) is 35.2. The molecule has 2 fully saturated rings. The molecule has 178 valence electrons. The Labute approximate surface area is 197 Å². The van der Waals surface area contributed by atoms with Gasteiger partial charge in [0.15, 0.2) is 0 Å². The standard InChI is InChI=1S/C24H30FN3O4S/c1-17-22(33-18(2)26-17)23(30)28-9-3-8-24(15-28,14-21(29)27-10-12-31-13-11-27)16-32-20-6-4-19(25)5-7-20/h4-7H,3,8-16H2,1-2H3. The van der Waals surface area contributed by atoms with Crippen LogP contribution in [-0.2, 0) is 9.53 Å². The smallest absolute Gasteiger partial charge is 0.265 e. The molecule has 2 amide bonds. The van der Waals surface area contributed by atoms with Gasteiger partial charge in [-0.05, 0) is 51.0 Å². The maximum absolute atomic E-state index is 13.3. The van der Waals surface area contributed by atoms with Crippen LogP contribution >= 0.6 is 11.3 Å². The lowest BCUT2D eigenvalue weighted by molar-refractivity contribution is -0.139. The van der Waals surface area contributed by atoms with Gasteiger partial charge in [0, 0.05) is 38.0 Å². The fourth-order valence-corrected chi connectivity index (χ4v) is 5.47. The number of halogens is 1. The number of ether oxygens (including phenoxy) is 2. The number of piperidine rings is 1. The predicted molar refractivity (Wildman–Crippen MR) is 123 cm³/mol. The van der Waals surface area contributed by atoms with Crippen LogP contribution in [0.4, 0.5) is 4.39 Å². The minimum absolute atomic E-state index is 0.0391. The monoisotopic (exact) mass is 475 g/mol. The number of carbonyl (C=O) groups excluding carboxylic acids is 2. The number of aromatic nitrogens is 1. The number of aryl methyl sites for hydroxylation is 2. The fraction of sp³-hybridized carbons (Fsp3) is 0.542. The molecule has 2 aliphatic heterocycles. The van der Waals surface area contributed by atoms with Gasteiger partial charge in [0.25, 0.3) is 5.91 Å². The number of amides is 2. The average molecular weight is 476 g/mol. The second kappa shape index (κ2) is 10.2. The second-order valence-corrected chi connectivity index (χ2v) is 10.1. The number of nitrogens with zero attached hydrogens (tertiary/aromatic N) is 3. The summed E-state index contributed by atoms with van der Waals surface area (Å²) in [6.07, 6.45) is 1.85. The maximum Gasteiger partial charge on any atom is 0.265 e. The summed E-state index contributed by atoms with van der Waals surface area (Å²) in [5.41, 5.74) is 0.219. The summed E-state index contributed by atoms with van der Waals surface area (Å²) in [7, 11) is 0. The Morgan fingerprint density at radius 3 is 2.55 bits per heavy atom. The molecule has 3 heterocycles. The molecule has 33 heavy (non-hydrogen) atoms. The van der Waals surface area contributed by atoms with Crippen LogP contribution in [0.2, 0.25) is 0 Å². The second-order valence-electron chi connectivity index (χ2n) is 8.89. The van der Waals surface area contributed by atoms with E-state index in [1.165, 1.54) is 23.5 Å². The van der Waals surface area contributed by atoms with Gasteiger partial charge in [-0.1, -0.05) is 0 Å². The fourth-order valence-electron chi connectivity index (χ4n) is 4.58. The van der Waals surface area contributed by atoms with Gasteiger partial charge in [0.1, 0.15) is 16.4 Å². The first-order chi connectivity index (χ1) is 15.8. The third-order valence-electron chi connectivity index (χ3n) is 6.30. The summed E-state index contributed by atoms with van der Waals surface area (Å²) in [6, 6.07) is 5.88. The normalized spacial score (nSPS) is 21.2. The van der Waals surface area contributed by atoms with Crippen molar-refractivity contribution in [2.45, 2.75) is 33.1 Å². The van der Waals surface area contributed by atoms with E-state index in [0.29, 0.717) is 56.4 Å². The molecule has 1 atom stereocenters. The van der Waals surface area contributed by atoms with Crippen molar-refractivity contribution in [3.05, 3.63) is 45.7 Å². The molecular formula is C24H30FN3O4S. The Bertz CT molecular complexity index is 990. The highest BCUT2D eigenvalue weighted by Crippen LogP contribution is 2.36. The molecule has 9 heteroatoms. The molecule has 1 unspecified atom stereocenters. The lowest BCUT2D eigenvalue weighted by atomic mass is 9.77. The van der Waals surface area contributed by atoms with Gasteiger partial charge >= 0.3 is 0 Å². The van der Waals surface area contributed by atoms with Crippen LogP contribution < -0.4 is 4.74 Å². The van der Waals surface area contributed by atoms with Crippen LogP contribution in [0.3, 0.4) is 0 Å². The SMILES string of the molecule is Cc1nc(C)c(C(=O)N2CCCC(COc3ccc(F)cc3)(CC(=O)N3CCOCC3)C2)s1. The zero-order valence-electron chi connectivity index (χ0n) is 19.1. The van der Waals surface area contributed by atoms with Gasteiger partial charge in [0.2, 0.25) is 5.91 Å². The highest BCUT2D eigenvalue weighted by molar-refractivity contribution is 7.13. The van der Waals surface area contributed by atoms with Gasteiger partial charge in [-0.3, -0.25) is 9.59 Å². The molecule has 4 rings (SSSR count). The zero-order valence-corrected chi connectivity index (χ0v) is 20.0. The maximum atomic E-state index is 13.3. The lowest BCUT2D eigenvalue weighted by Crippen LogP contribution is -2.52. The Kier molecular flexibility index (Phi) is 7.29. The highest BCUT2D eigenvalue weighted by atomic mass is 32.1. The van der Waals surface area contributed by atoms with Crippen molar-refractivity contribution >= 4 is 23.2 Å². The van der Waals surface area contributed by atoms with Crippen molar-refractivity contribution in [2.75, 3.05) is 46.0 Å². The molecule has 0 aliphatic carbocycles. The predicted octanol–water partition coefficient (Wildman–Crippen LogP) is 3.45. The van der Waals surface area contributed by atoms with E-state index in [-0.39, 0.29) is 24.2 Å². The zero-order chi connectivity index (χ0) is 23.4. The van der Waals surface area contributed by atoms with Gasteiger partial charge < -0.3 is 19.3 Å². The van der Waals surface area contributed by atoms with Crippen LogP contribution in [0.5, 0.6) is 5.75 Å². The molecular weight excluding hydrogens is 445 g/mol. The van der Waals surface area contributed by atoms with Gasteiger partial charge in [-0.15, -0.1) is 11.3 Å². The summed E-state index contributed by atoms with van der Waals surface area (Å²) in [6.45, 7) is 7.34. The van der Waals surface area contributed by atoms with Gasteiger partial charge in [0.05, 0.1) is 30.5 Å². The summed E-state index contributed by atoms with van der Waals surface area (Å²) < 4.78 is 24.7. The molecule has 2 aliphatic rings. The largest absolute Gasteiger partial charge is 0.493 e. The van der Waals surface area contributed by atoms with Crippen LogP contribution in [0.25, 0.3) is 0 Å². The molecule has 0 N–H and O–H groups in total. The van der Waals surface area contributed by atoms with Gasteiger partial charge in [-0.2, -0.15) is 0 Å². The topological polar surface area (TPSA) is 72.0 Å². The molecule has 2 saturated heterocycles. The molecule has 0 saturated carbocycles. The van der Waals surface area contributed by atoms with Crippen LogP contribution in [0.1, 0.15) is 39.6 Å². The average Bonchev–Trinajstić information content (AvgIpc) is 3.16. The number of benzene rings is 1. The highest BCUT2D eigenvalue weighted by Gasteiger charge is 2.41. The van der Waals surface area contributed by atoms with E-state index in [0.717, 1.165) is 23.5 Å². The Balaban J connectivity index is 1.53. The van der Waals surface area contributed by atoms with Gasteiger partial charge in [-0.25, -0.2) is 9.37 Å². The minimum Gasteiger partial charge on any atom is -0.493 e. The number of hydrogen-bond donors (Lipinski definition) is 0. The Morgan fingerprint density at radius 2 is 1.88 bits per heavy atom. The summed E-state index contributed by atoms with van der Waals surface area (Å²) in [5.74, 6) is 0.235. The Morgan fingerprint density at radius 1 is 1.15 bits per heavy atom. The van der Waals surface area contributed by atoms with E-state index in [4.69, 9.17) is 9.47 Å². The molecule has 0 spiro atoms. The third kappa shape index (κ3) is 5.70. The molecule has 2 aromatic rings. The molecule has 7 nitrogen and oxygen atoms in total. The summed E-state index contributed by atoms with van der Waals surface area (Å²) in [5, 5.41) is 0.862. The van der Waals surface area contributed by atoms with Crippen LogP contribution in [0.15, 0.2) is 24.3 Å². The molecule has 0 bridgehead atoms. The van der Waals surface area contributed by atoms with Crippen molar-refractivity contribution in [1.29, 1.82) is 0 Å². The third-order valence-corrected chi connectivity index (χ3v) is 7.36. The number of hydrogen-bond acceptors (Lipinski definition) is 6. The van der Waals surface area contributed by atoms with E-state index < -0.39 is 5.41 Å². The first-order valence-electron chi connectivity index (χ1n) is 11.3. The molecule has 1 aromatic carbocycles. The number of thiazole rings is 1. The van der Waals surface area contributed by atoms with Crippen molar-refractivity contribution in [1.82, 2.24) is 14.8 Å². The van der Waals surface area contributed by atoms with Crippen LogP contribution in [-0.4, -0.2) is 72.6 Å². The summed E-state index contributed by atoms with van der Waals surface area (Å²) >= 11 is 1.41. The van der Waals surface area contributed by atoms with Crippen molar-refractivity contribution in [2.24, 2.45) is 5.41 Å². The van der Waals surface area contributed by atoms with E-state index in [2.05, 4.69) is 4.98 Å². The number of morpholine rings is 1. The van der Waals surface area contributed by atoms with Crippen molar-refractivity contribution < 1.29 is 23.5 Å². The minimum atomic E-state index is -0.522. The van der Waals surface area contributed by atoms with Crippen molar-refractivity contribution in [3.63, 3.8) is 0 Å². The van der Waals surface area contributed by atoms with E-state index in [1.54, 1.807) is 12.1 Å². The van der Waals surface area contributed by atoms with E-state index in [1.807, 2.05) is 23.6 Å². The molecule has 1 aromatic heterocycles. The number of rotatable bonds is 6. The van der Waals surface area contributed by atoms with E-state index >= 15 is 0 Å². The quantitative estimate of drug-likeness (QED) is 0.640. The first-order valence-corrected chi connectivity index (χ1v) is 12.1. The first kappa shape index (κ1) is 23.6. The number of likely N-dealkylation sites (tertiary alicyclic amines) is 1. The number of carbonyl (C=O) groups is 2. The van der Waals surface area contributed by atoms with E-state index in [9.17, 15) is 14.0 Å². The van der Waals surface area contributed by atoms with Crippen molar-refractivity contribution in [3.8, 4) is 5.75 Å². The molecule has 0 radical (unpaired) electrons. The lowest BCUT2D eigenvalue weighted by Gasteiger charge is -2.43. The Hall–Kier alpha value is -2.52. The van der Waals surface area contributed by atoms with Crippen LogP contribution in [0, 0.1) is 25.1 Å².